The van der Waals surface area contributed by atoms with Gasteiger partial charge in [-0.05, 0) is 49.7 Å². The molecule has 0 amide bonds. The molecule has 1 atom stereocenters. The molecule has 0 saturated carbocycles. The van der Waals surface area contributed by atoms with Gasteiger partial charge in [0.2, 0.25) is 5.13 Å². The molecular weight excluding hydrogens is 429 g/mol. The lowest BCUT2D eigenvalue weighted by molar-refractivity contribution is 0.600. The monoisotopic (exact) mass is 443 g/mol. The molecule has 0 bridgehead atoms. The van der Waals surface area contributed by atoms with E-state index in [1.165, 1.54) is 30.0 Å². The molecule has 0 fully saturated rings. The second-order valence-electron chi connectivity index (χ2n) is 5.64. The predicted octanol–water partition coefficient (Wildman–Crippen LogP) is 5.29. The molecule has 0 aliphatic heterocycles. The number of aromatic nitrogens is 2. The highest BCUT2D eigenvalue weighted by molar-refractivity contribution is 7.99. The van der Waals surface area contributed by atoms with Gasteiger partial charge in [-0.1, -0.05) is 23.7 Å². The van der Waals surface area contributed by atoms with Gasteiger partial charge in [0.05, 0.1) is 10.1 Å². The molecule has 0 saturated heterocycles. The van der Waals surface area contributed by atoms with E-state index in [4.69, 9.17) is 11.6 Å². The molecule has 1 aromatic heterocycles. The van der Waals surface area contributed by atoms with Crippen molar-refractivity contribution in [2.75, 3.05) is 4.72 Å². The van der Waals surface area contributed by atoms with Crippen molar-refractivity contribution in [2.24, 2.45) is 0 Å². The Hall–Kier alpha value is -1.68. The van der Waals surface area contributed by atoms with E-state index >= 15 is 0 Å². The van der Waals surface area contributed by atoms with Crippen LogP contribution in [-0.2, 0) is 10.0 Å². The number of rotatable bonds is 6. The van der Waals surface area contributed by atoms with Gasteiger partial charge in [-0.2, -0.15) is 4.37 Å². The zero-order valence-corrected chi connectivity index (χ0v) is 17.5. The molecule has 10 heteroatoms. The van der Waals surface area contributed by atoms with Gasteiger partial charge in [0.1, 0.15) is 5.82 Å². The van der Waals surface area contributed by atoms with Gasteiger partial charge in [-0.3, -0.25) is 4.72 Å². The van der Waals surface area contributed by atoms with E-state index in [0.29, 0.717) is 16.4 Å². The number of nitrogens with one attached hydrogen (secondary N) is 1. The van der Waals surface area contributed by atoms with Crippen molar-refractivity contribution >= 4 is 50.1 Å². The normalized spacial score (nSPS) is 12.7. The van der Waals surface area contributed by atoms with Crippen LogP contribution in [0.3, 0.4) is 0 Å². The van der Waals surface area contributed by atoms with Gasteiger partial charge in [-0.25, -0.2) is 17.8 Å². The SMILES string of the molecule is Cc1c(Cl)cccc1S(=O)(=O)Nc1nc([C@@H](C)Sc2cccc(F)c2)ns1. The van der Waals surface area contributed by atoms with E-state index in [0.717, 1.165) is 16.4 Å². The summed E-state index contributed by atoms with van der Waals surface area (Å²) < 4.78 is 45.2. The zero-order chi connectivity index (χ0) is 19.6. The number of thioether (sulfide) groups is 1. The Balaban J connectivity index is 1.76. The summed E-state index contributed by atoms with van der Waals surface area (Å²) in [5.41, 5.74) is 0.464. The molecule has 27 heavy (non-hydrogen) atoms. The fourth-order valence-electron chi connectivity index (χ4n) is 2.29. The summed E-state index contributed by atoms with van der Waals surface area (Å²) in [4.78, 5) is 5.10. The summed E-state index contributed by atoms with van der Waals surface area (Å²) in [5, 5.41) is 0.362. The van der Waals surface area contributed by atoms with Crippen LogP contribution in [0.25, 0.3) is 0 Å². The van der Waals surface area contributed by atoms with Crippen molar-refractivity contribution in [1.29, 1.82) is 0 Å². The van der Waals surface area contributed by atoms with Crippen LogP contribution in [0.5, 0.6) is 0 Å². The van der Waals surface area contributed by atoms with Crippen molar-refractivity contribution < 1.29 is 12.8 Å². The maximum Gasteiger partial charge on any atom is 0.264 e. The Kier molecular flexibility index (Phi) is 6.05. The summed E-state index contributed by atoms with van der Waals surface area (Å²) in [5.74, 6) is 0.151. The van der Waals surface area contributed by atoms with E-state index in [2.05, 4.69) is 14.1 Å². The third kappa shape index (κ3) is 4.78. The largest absolute Gasteiger partial charge is 0.264 e. The second-order valence-corrected chi connectivity index (χ2v) is 9.87. The molecule has 5 nitrogen and oxygen atoms in total. The first-order valence-corrected chi connectivity index (χ1v) is 11.3. The molecule has 1 heterocycles. The molecule has 0 aliphatic carbocycles. The van der Waals surface area contributed by atoms with E-state index in [9.17, 15) is 12.8 Å². The molecule has 142 valence electrons. The van der Waals surface area contributed by atoms with Gasteiger partial charge in [-0.15, -0.1) is 11.8 Å². The highest BCUT2D eigenvalue weighted by atomic mass is 35.5. The summed E-state index contributed by atoms with van der Waals surface area (Å²) in [6.45, 7) is 3.51. The lowest BCUT2D eigenvalue weighted by atomic mass is 10.2. The summed E-state index contributed by atoms with van der Waals surface area (Å²) in [6, 6.07) is 10.9. The number of benzene rings is 2. The molecule has 3 rings (SSSR count). The first-order chi connectivity index (χ1) is 12.8. The van der Waals surface area contributed by atoms with Crippen LogP contribution in [-0.4, -0.2) is 17.8 Å². The fraction of sp³-hybridized carbons (Fsp3) is 0.176. The fourth-order valence-corrected chi connectivity index (χ4v) is 5.69. The Morgan fingerprint density at radius 2 is 2.00 bits per heavy atom. The first-order valence-electron chi connectivity index (χ1n) is 7.80. The van der Waals surface area contributed by atoms with Gasteiger partial charge in [0.25, 0.3) is 10.0 Å². The Bertz CT molecular complexity index is 1070. The van der Waals surface area contributed by atoms with Gasteiger partial charge >= 0.3 is 0 Å². The molecule has 0 aliphatic rings. The van der Waals surface area contributed by atoms with E-state index < -0.39 is 10.0 Å². The first kappa shape index (κ1) is 20.1. The van der Waals surface area contributed by atoms with Crippen LogP contribution in [0.15, 0.2) is 52.3 Å². The van der Waals surface area contributed by atoms with Crippen LogP contribution >= 0.6 is 34.9 Å². The molecule has 0 radical (unpaired) electrons. The van der Waals surface area contributed by atoms with Crippen LogP contribution in [0, 0.1) is 12.7 Å². The standard InChI is InChI=1S/C17H15ClFN3O2S3/c1-10-14(18)7-4-8-15(10)27(23,24)22-17-20-16(21-26-17)11(2)25-13-6-3-5-12(19)9-13/h3-9,11H,1-2H3,(H,20,21,22)/t11-/m1/s1. The Labute approximate surface area is 170 Å². The van der Waals surface area contributed by atoms with Crippen molar-refractivity contribution in [3.63, 3.8) is 0 Å². The van der Waals surface area contributed by atoms with E-state index in [-0.39, 0.29) is 21.1 Å². The number of sulfonamides is 1. The topological polar surface area (TPSA) is 72.0 Å². The summed E-state index contributed by atoms with van der Waals surface area (Å²) in [7, 11) is -3.83. The number of hydrogen-bond donors (Lipinski definition) is 1. The minimum atomic E-state index is -3.83. The van der Waals surface area contributed by atoms with Crippen LogP contribution in [0.2, 0.25) is 5.02 Å². The van der Waals surface area contributed by atoms with E-state index in [1.54, 1.807) is 31.2 Å². The van der Waals surface area contributed by atoms with Crippen molar-refractivity contribution in [3.05, 3.63) is 64.7 Å². The third-order valence-electron chi connectivity index (χ3n) is 3.64. The minimum Gasteiger partial charge on any atom is -0.253 e. The highest BCUT2D eigenvalue weighted by Crippen LogP contribution is 2.35. The molecular formula is C17H15ClFN3O2S3. The summed E-state index contributed by atoms with van der Waals surface area (Å²) >= 11 is 8.35. The predicted molar refractivity (Wildman–Crippen MR) is 108 cm³/mol. The Morgan fingerprint density at radius 3 is 2.74 bits per heavy atom. The number of hydrogen-bond acceptors (Lipinski definition) is 6. The van der Waals surface area contributed by atoms with Crippen molar-refractivity contribution in [3.8, 4) is 0 Å². The highest BCUT2D eigenvalue weighted by Gasteiger charge is 2.21. The van der Waals surface area contributed by atoms with Gasteiger partial charge in [0.15, 0.2) is 5.82 Å². The van der Waals surface area contributed by atoms with Crippen molar-refractivity contribution in [2.45, 2.75) is 28.9 Å². The molecule has 1 N–H and O–H groups in total. The minimum absolute atomic E-state index is 0.0916. The smallest absolute Gasteiger partial charge is 0.253 e. The Morgan fingerprint density at radius 1 is 1.26 bits per heavy atom. The maximum atomic E-state index is 13.3. The van der Waals surface area contributed by atoms with Gasteiger partial charge in [0, 0.05) is 21.5 Å². The van der Waals surface area contributed by atoms with Crippen LogP contribution < -0.4 is 4.72 Å². The molecule has 0 spiro atoms. The second kappa shape index (κ2) is 8.14. The zero-order valence-electron chi connectivity index (χ0n) is 14.3. The van der Waals surface area contributed by atoms with E-state index in [1.807, 2.05) is 6.92 Å². The number of anilines is 1. The molecule has 3 aromatic rings. The average molecular weight is 444 g/mol. The quantitative estimate of drug-likeness (QED) is 0.524. The number of nitrogens with zero attached hydrogens (tertiary/aromatic N) is 2. The van der Waals surface area contributed by atoms with Crippen molar-refractivity contribution in [1.82, 2.24) is 9.36 Å². The third-order valence-corrected chi connectivity index (χ3v) is 7.40. The van der Waals surface area contributed by atoms with Gasteiger partial charge < -0.3 is 0 Å². The lowest BCUT2D eigenvalue weighted by Crippen LogP contribution is -2.14. The average Bonchev–Trinajstić information content (AvgIpc) is 3.05. The number of halogens is 2. The summed E-state index contributed by atoms with van der Waals surface area (Å²) in [6.07, 6.45) is 0. The lowest BCUT2D eigenvalue weighted by Gasteiger charge is -2.09. The van der Waals surface area contributed by atoms with Crippen LogP contribution in [0.4, 0.5) is 9.52 Å². The van der Waals surface area contributed by atoms with Crippen LogP contribution in [0.1, 0.15) is 23.6 Å². The molecule has 0 unspecified atom stereocenters. The molecule has 2 aromatic carbocycles. The maximum absolute atomic E-state index is 13.3.